The van der Waals surface area contributed by atoms with E-state index in [0.717, 1.165) is 17.2 Å². The predicted octanol–water partition coefficient (Wildman–Crippen LogP) is 9.50. The molecule has 0 amide bonds. The van der Waals surface area contributed by atoms with Crippen LogP contribution in [0.15, 0.2) is 67.0 Å². The van der Waals surface area contributed by atoms with Crippen LogP contribution in [0.25, 0.3) is 22.8 Å². The van der Waals surface area contributed by atoms with Crippen LogP contribution in [0.5, 0.6) is 0 Å². The first-order valence-corrected chi connectivity index (χ1v) is 16.3. The van der Waals surface area contributed by atoms with Gasteiger partial charge in [0.2, 0.25) is 0 Å². The summed E-state index contributed by atoms with van der Waals surface area (Å²) in [5, 5.41) is 0. The van der Waals surface area contributed by atoms with Gasteiger partial charge in [-0.05, 0) is 52.0 Å². The monoisotopic (exact) mass is 734 g/mol. The molecule has 2 aliphatic rings. The first-order chi connectivity index (χ1) is 19.1. The number of aromatic nitrogens is 4. The van der Waals surface area contributed by atoms with Gasteiger partial charge in [-0.25, -0.2) is 4.98 Å². The van der Waals surface area contributed by atoms with Crippen molar-refractivity contribution in [3.05, 3.63) is 84.4 Å². The molecule has 2 fully saturated rings. The minimum Gasteiger partial charge on any atom is -0.365 e. The van der Waals surface area contributed by atoms with Crippen LogP contribution < -0.4 is 0 Å². The van der Waals surface area contributed by atoms with Crippen molar-refractivity contribution in [2.75, 3.05) is 12.5 Å². The van der Waals surface area contributed by atoms with Gasteiger partial charge in [0.15, 0.2) is 0 Å². The molecule has 4 aromatic rings. The second-order valence-corrected chi connectivity index (χ2v) is 11.6. The molecule has 0 aliphatic heterocycles. The van der Waals surface area contributed by atoms with Gasteiger partial charge < -0.3 is 9.13 Å². The van der Waals surface area contributed by atoms with E-state index in [0.29, 0.717) is 12.1 Å². The maximum atomic E-state index is 4.62. The van der Waals surface area contributed by atoms with Crippen molar-refractivity contribution >= 4 is 11.8 Å². The molecule has 0 saturated heterocycles. The number of rotatable bonds is 4. The van der Waals surface area contributed by atoms with Crippen molar-refractivity contribution < 1.29 is 20.1 Å². The first-order valence-electron chi connectivity index (χ1n) is 14.6. The molecule has 217 valence electrons. The summed E-state index contributed by atoms with van der Waals surface area (Å²) < 4.78 is 4.87. The molecule has 6 heteroatoms. The van der Waals surface area contributed by atoms with Gasteiger partial charge in [-0.3, -0.25) is 4.98 Å². The molecular formula is C34H45IrN4S-. The summed E-state index contributed by atoms with van der Waals surface area (Å²) in [6, 6.07) is 23.2. The van der Waals surface area contributed by atoms with Crippen molar-refractivity contribution in [3.63, 3.8) is 0 Å². The number of hydrogen-bond acceptors (Lipinski definition) is 3. The Labute approximate surface area is 259 Å². The number of aryl methyl sites for hydroxylation is 2. The van der Waals surface area contributed by atoms with Crippen LogP contribution in [0.3, 0.4) is 0 Å². The Morgan fingerprint density at radius 1 is 0.675 bits per heavy atom. The van der Waals surface area contributed by atoms with E-state index in [1.807, 2.05) is 37.0 Å². The molecule has 0 spiro atoms. The minimum atomic E-state index is 0. The van der Waals surface area contributed by atoms with E-state index in [1.165, 1.54) is 81.2 Å². The molecule has 2 saturated carbocycles. The molecule has 4 nitrogen and oxygen atoms in total. The van der Waals surface area contributed by atoms with Gasteiger partial charge in [-0.1, -0.05) is 68.9 Å². The fourth-order valence-corrected chi connectivity index (χ4v) is 6.02. The number of benzene rings is 2. The quantitative estimate of drug-likeness (QED) is 0.196. The summed E-state index contributed by atoms with van der Waals surface area (Å²) >= 11 is 1.75. The Morgan fingerprint density at radius 3 is 1.65 bits per heavy atom. The summed E-state index contributed by atoms with van der Waals surface area (Å²) in [7, 11) is 0. The average molecular weight is 734 g/mol. The Balaban J connectivity index is 0.000000197. The summed E-state index contributed by atoms with van der Waals surface area (Å²) in [5.74, 6) is 2.22. The van der Waals surface area contributed by atoms with Crippen molar-refractivity contribution in [2.24, 2.45) is 0 Å². The van der Waals surface area contributed by atoms with Crippen molar-refractivity contribution in [3.8, 4) is 22.8 Å². The Morgan fingerprint density at radius 2 is 1.15 bits per heavy atom. The number of thioether (sulfide) groups is 1. The minimum absolute atomic E-state index is 0. The topological polar surface area (TPSA) is 35.6 Å². The molecule has 1 radical (unpaired) electrons. The predicted molar refractivity (Wildman–Crippen MR) is 167 cm³/mol. The second-order valence-electron chi connectivity index (χ2n) is 10.8. The zero-order valence-corrected chi connectivity index (χ0v) is 27.8. The molecule has 40 heavy (non-hydrogen) atoms. The van der Waals surface area contributed by atoms with Gasteiger partial charge in [-0.2, -0.15) is 11.8 Å². The van der Waals surface area contributed by atoms with Gasteiger partial charge in [0.25, 0.3) is 0 Å². The van der Waals surface area contributed by atoms with Gasteiger partial charge in [0, 0.05) is 61.5 Å². The fourth-order valence-electron chi connectivity index (χ4n) is 6.02. The molecule has 0 unspecified atom stereocenters. The van der Waals surface area contributed by atoms with Crippen molar-refractivity contribution in [1.82, 2.24) is 19.1 Å². The van der Waals surface area contributed by atoms with E-state index in [4.69, 9.17) is 0 Å². The first kappa shape index (κ1) is 32.4. The summed E-state index contributed by atoms with van der Waals surface area (Å²) in [6.07, 6.45) is 21.5. The van der Waals surface area contributed by atoms with Gasteiger partial charge >= 0.3 is 0 Å². The molecule has 0 N–H and O–H groups in total. The molecule has 2 aromatic carbocycles. The molecule has 2 heterocycles. The Hall–Kier alpha value is -2.14. The van der Waals surface area contributed by atoms with Crippen LogP contribution in [-0.2, 0) is 20.1 Å². The van der Waals surface area contributed by atoms with Crippen molar-refractivity contribution in [2.45, 2.75) is 90.1 Å². The van der Waals surface area contributed by atoms with Gasteiger partial charge in [0.05, 0.1) is 5.82 Å². The fraction of sp³-hybridized carbons (Fsp3) is 0.471. The zero-order chi connectivity index (χ0) is 27.5. The smallest absolute Gasteiger partial charge is 0.140 e. The van der Waals surface area contributed by atoms with E-state index >= 15 is 0 Å². The van der Waals surface area contributed by atoms with Crippen LogP contribution in [-0.4, -0.2) is 31.6 Å². The summed E-state index contributed by atoms with van der Waals surface area (Å²) in [4.78, 5) is 9.22. The third-order valence-electron chi connectivity index (χ3n) is 7.83. The summed E-state index contributed by atoms with van der Waals surface area (Å²) in [6.45, 7) is 4.34. The molecule has 0 atom stereocenters. The SMILES string of the molecule is CSC.Cc1cnc(-c2[c-]cccc2)n1C1CCCCC1.Cc1cnc(-c2ccccc2)n1C1CCCCC1.[Ir]. The van der Waals surface area contributed by atoms with Crippen LogP contribution >= 0.6 is 11.8 Å². The van der Waals surface area contributed by atoms with Crippen molar-refractivity contribution in [1.29, 1.82) is 0 Å². The normalized spacial score (nSPS) is 15.7. The van der Waals surface area contributed by atoms with Crippen LogP contribution in [0, 0.1) is 19.9 Å². The maximum absolute atomic E-state index is 4.62. The van der Waals surface area contributed by atoms with Crippen LogP contribution in [0.4, 0.5) is 0 Å². The van der Waals surface area contributed by atoms with E-state index < -0.39 is 0 Å². The maximum Gasteiger partial charge on any atom is 0.140 e. The largest absolute Gasteiger partial charge is 0.365 e. The third kappa shape index (κ3) is 8.44. The molecule has 2 aliphatic carbocycles. The Bertz CT molecular complexity index is 1140. The average Bonchev–Trinajstić information content (AvgIpc) is 3.58. The Kier molecular flexibility index (Phi) is 13.7. The second kappa shape index (κ2) is 17.0. The summed E-state index contributed by atoms with van der Waals surface area (Å²) in [5.41, 5.74) is 4.90. The van der Waals surface area contributed by atoms with E-state index in [1.54, 1.807) is 11.8 Å². The third-order valence-corrected chi connectivity index (χ3v) is 7.83. The molecular weight excluding hydrogens is 689 g/mol. The standard InChI is InChI=1S/C16H20N2.C16H19N2.C2H6S.Ir/c2*1-13-12-17-16(14-8-4-2-5-9-14)18(13)15-10-6-3-7-11-15;1-3-2;/h2,4-5,8-9,12,15H,3,6-7,10-11H2,1H3;2,4-5,8,12,15H,3,6-7,10-11H2,1H3;1-2H3;/q;-1;;. The zero-order valence-electron chi connectivity index (χ0n) is 24.6. The van der Waals surface area contributed by atoms with Crippen LogP contribution in [0.2, 0.25) is 0 Å². The van der Waals surface area contributed by atoms with Crippen LogP contribution in [0.1, 0.15) is 87.7 Å². The van der Waals surface area contributed by atoms with E-state index in [-0.39, 0.29) is 20.1 Å². The van der Waals surface area contributed by atoms with E-state index in [2.05, 4.69) is 81.5 Å². The number of hydrogen-bond donors (Lipinski definition) is 0. The van der Waals surface area contributed by atoms with Gasteiger partial charge in [-0.15, -0.1) is 35.9 Å². The van der Waals surface area contributed by atoms with E-state index in [9.17, 15) is 0 Å². The number of nitrogens with zero attached hydrogens (tertiary/aromatic N) is 4. The molecule has 2 aromatic heterocycles. The molecule has 0 bridgehead atoms. The number of imidazole rings is 2. The molecule has 6 rings (SSSR count). The van der Waals surface area contributed by atoms with Gasteiger partial charge in [0.1, 0.15) is 5.82 Å².